The molecular formula is C16H15F3N2O3. The average Bonchev–Trinajstić information content (AvgIpc) is 3.07. The minimum Gasteiger partial charge on any atom is -0.370 e. The zero-order chi connectivity index (χ0) is 17.2. The lowest BCUT2D eigenvalue weighted by Gasteiger charge is -2.33. The predicted octanol–water partition coefficient (Wildman–Crippen LogP) is 2.84. The molecule has 1 aromatic carbocycles. The predicted molar refractivity (Wildman–Crippen MR) is 76.9 cm³/mol. The third kappa shape index (κ3) is 3.76. The molecule has 1 unspecified atom stereocenters. The van der Waals surface area contributed by atoms with Crippen molar-refractivity contribution in [3.8, 4) is 0 Å². The monoisotopic (exact) mass is 340 g/mol. The van der Waals surface area contributed by atoms with Crippen molar-refractivity contribution in [2.75, 3.05) is 19.7 Å². The van der Waals surface area contributed by atoms with E-state index in [1.807, 2.05) is 0 Å². The number of halogens is 3. The van der Waals surface area contributed by atoms with Crippen molar-refractivity contribution in [2.24, 2.45) is 0 Å². The van der Waals surface area contributed by atoms with Gasteiger partial charge in [-0.3, -0.25) is 4.79 Å². The summed E-state index contributed by atoms with van der Waals surface area (Å²) in [5.74, 6) is -0.121. The molecule has 5 nitrogen and oxygen atoms in total. The van der Waals surface area contributed by atoms with Crippen LogP contribution in [0.1, 0.15) is 22.9 Å². The maximum atomic E-state index is 12.6. The fraction of sp³-hybridized carbons (Fsp3) is 0.375. The van der Waals surface area contributed by atoms with Gasteiger partial charge in [0.2, 0.25) is 5.91 Å². The molecule has 0 saturated carbocycles. The number of rotatable bonds is 3. The van der Waals surface area contributed by atoms with Gasteiger partial charge >= 0.3 is 6.18 Å². The molecular weight excluding hydrogens is 325 g/mol. The summed E-state index contributed by atoms with van der Waals surface area (Å²) in [6.45, 7) is 1.06. The third-order valence-electron chi connectivity index (χ3n) is 3.85. The molecule has 8 heteroatoms. The number of aromatic nitrogens is 1. The Morgan fingerprint density at radius 1 is 1.25 bits per heavy atom. The van der Waals surface area contributed by atoms with Gasteiger partial charge in [-0.2, -0.15) is 13.2 Å². The quantitative estimate of drug-likeness (QED) is 0.862. The smallest absolute Gasteiger partial charge is 0.370 e. The minimum absolute atomic E-state index is 0.121. The molecule has 0 bridgehead atoms. The van der Waals surface area contributed by atoms with Gasteiger partial charge in [-0.25, -0.2) is 0 Å². The fourth-order valence-corrected chi connectivity index (χ4v) is 2.56. The number of carbonyl (C=O) groups is 1. The number of carbonyl (C=O) groups excluding carboxylic acids is 1. The molecule has 2 aromatic rings. The second-order valence-corrected chi connectivity index (χ2v) is 5.49. The molecule has 0 N–H and O–H groups in total. The standard InChI is InChI=1S/C16H15F3N2O3/c17-16(18,19)12-3-1-11(2-4-12)14-10-21(6-8-23-14)15(22)9-13-5-7-24-20-13/h1-5,7,14H,6,8-10H2. The van der Waals surface area contributed by atoms with E-state index in [9.17, 15) is 18.0 Å². The lowest BCUT2D eigenvalue weighted by molar-refractivity contribution is -0.138. The van der Waals surface area contributed by atoms with Gasteiger partial charge in [-0.15, -0.1) is 0 Å². The maximum Gasteiger partial charge on any atom is 0.416 e. The zero-order valence-corrected chi connectivity index (χ0v) is 12.6. The molecule has 1 aromatic heterocycles. The first-order valence-electron chi connectivity index (χ1n) is 7.39. The van der Waals surface area contributed by atoms with E-state index in [2.05, 4.69) is 5.16 Å². The number of morpholine rings is 1. The second-order valence-electron chi connectivity index (χ2n) is 5.49. The van der Waals surface area contributed by atoms with Crippen LogP contribution in [0.5, 0.6) is 0 Å². The lowest BCUT2D eigenvalue weighted by atomic mass is 10.0. The summed E-state index contributed by atoms with van der Waals surface area (Å²) in [4.78, 5) is 13.9. The van der Waals surface area contributed by atoms with E-state index >= 15 is 0 Å². The van der Waals surface area contributed by atoms with Gasteiger partial charge in [0, 0.05) is 12.6 Å². The largest absolute Gasteiger partial charge is 0.416 e. The molecule has 2 heterocycles. The van der Waals surface area contributed by atoms with Gasteiger partial charge in [0.15, 0.2) is 0 Å². The second kappa shape index (κ2) is 6.64. The molecule has 3 rings (SSSR count). The van der Waals surface area contributed by atoms with Crippen molar-refractivity contribution in [3.05, 3.63) is 53.4 Å². The molecule has 1 fully saturated rings. The van der Waals surface area contributed by atoms with Crippen molar-refractivity contribution in [2.45, 2.75) is 18.7 Å². The van der Waals surface area contributed by atoms with Crippen molar-refractivity contribution in [1.82, 2.24) is 10.1 Å². The summed E-state index contributed by atoms with van der Waals surface area (Å²) in [6, 6.07) is 6.44. The molecule has 1 atom stereocenters. The van der Waals surface area contributed by atoms with Gasteiger partial charge in [-0.05, 0) is 17.7 Å². The molecule has 0 spiro atoms. The van der Waals surface area contributed by atoms with Gasteiger partial charge in [-0.1, -0.05) is 17.3 Å². The molecule has 1 aliphatic heterocycles. The van der Waals surface area contributed by atoms with Crippen molar-refractivity contribution in [3.63, 3.8) is 0 Å². The normalized spacial score (nSPS) is 18.6. The Kier molecular flexibility index (Phi) is 4.57. The van der Waals surface area contributed by atoms with Crippen LogP contribution in [-0.2, 0) is 22.1 Å². The number of hydrogen-bond donors (Lipinski definition) is 0. The van der Waals surface area contributed by atoms with E-state index in [4.69, 9.17) is 9.26 Å². The average molecular weight is 340 g/mol. The Hall–Kier alpha value is -2.35. The van der Waals surface area contributed by atoms with Gasteiger partial charge in [0.1, 0.15) is 12.4 Å². The summed E-state index contributed by atoms with van der Waals surface area (Å²) in [5.41, 5.74) is 0.445. The fourth-order valence-electron chi connectivity index (χ4n) is 2.56. The van der Waals surface area contributed by atoms with Crippen LogP contribution in [0.15, 0.2) is 41.1 Å². The summed E-state index contributed by atoms with van der Waals surface area (Å²) in [5, 5.41) is 3.70. The van der Waals surface area contributed by atoms with Crippen LogP contribution in [0.25, 0.3) is 0 Å². The molecule has 24 heavy (non-hydrogen) atoms. The topological polar surface area (TPSA) is 55.6 Å². The lowest BCUT2D eigenvalue weighted by Crippen LogP contribution is -2.43. The number of ether oxygens (including phenoxy) is 1. The van der Waals surface area contributed by atoms with Crippen LogP contribution in [0.3, 0.4) is 0 Å². The number of benzene rings is 1. The summed E-state index contributed by atoms with van der Waals surface area (Å²) < 4.78 is 48.1. The highest BCUT2D eigenvalue weighted by atomic mass is 19.4. The van der Waals surface area contributed by atoms with Crippen LogP contribution in [0.2, 0.25) is 0 Å². The van der Waals surface area contributed by atoms with E-state index in [1.165, 1.54) is 18.4 Å². The first-order valence-corrected chi connectivity index (χ1v) is 7.39. The third-order valence-corrected chi connectivity index (χ3v) is 3.85. The molecule has 1 amide bonds. The Morgan fingerprint density at radius 2 is 2.00 bits per heavy atom. The van der Waals surface area contributed by atoms with E-state index in [0.717, 1.165) is 12.1 Å². The van der Waals surface area contributed by atoms with Crippen LogP contribution >= 0.6 is 0 Å². The first-order chi connectivity index (χ1) is 11.4. The SMILES string of the molecule is O=C(Cc1ccon1)N1CCOC(c2ccc(C(F)(F)F)cc2)C1. The molecule has 0 radical (unpaired) electrons. The first kappa shape index (κ1) is 16.5. The van der Waals surface area contributed by atoms with Gasteiger partial charge < -0.3 is 14.2 Å². The van der Waals surface area contributed by atoms with Crippen LogP contribution in [0.4, 0.5) is 13.2 Å². The highest BCUT2D eigenvalue weighted by molar-refractivity contribution is 5.78. The Balaban J connectivity index is 1.65. The zero-order valence-electron chi connectivity index (χ0n) is 12.6. The Morgan fingerprint density at radius 3 is 2.62 bits per heavy atom. The van der Waals surface area contributed by atoms with Crippen molar-refractivity contribution < 1.29 is 27.2 Å². The summed E-state index contributed by atoms with van der Waals surface area (Å²) in [6.07, 6.45) is -3.29. The van der Waals surface area contributed by atoms with Gasteiger partial charge in [0.05, 0.1) is 30.8 Å². The maximum absolute atomic E-state index is 12.6. The van der Waals surface area contributed by atoms with E-state index in [0.29, 0.717) is 31.0 Å². The minimum atomic E-state index is -4.37. The van der Waals surface area contributed by atoms with Crippen molar-refractivity contribution in [1.29, 1.82) is 0 Å². The highest BCUT2D eigenvalue weighted by Gasteiger charge is 2.31. The van der Waals surface area contributed by atoms with Crippen LogP contribution in [-0.4, -0.2) is 35.7 Å². The Bertz CT molecular complexity index is 684. The van der Waals surface area contributed by atoms with E-state index < -0.39 is 17.8 Å². The van der Waals surface area contributed by atoms with Crippen molar-refractivity contribution >= 4 is 5.91 Å². The van der Waals surface area contributed by atoms with Gasteiger partial charge in [0.25, 0.3) is 0 Å². The molecule has 0 aliphatic carbocycles. The van der Waals surface area contributed by atoms with Crippen LogP contribution < -0.4 is 0 Å². The summed E-state index contributed by atoms with van der Waals surface area (Å²) >= 11 is 0. The number of nitrogens with zero attached hydrogens (tertiary/aromatic N) is 2. The van der Waals surface area contributed by atoms with E-state index in [1.54, 1.807) is 11.0 Å². The molecule has 1 aliphatic rings. The number of hydrogen-bond acceptors (Lipinski definition) is 4. The van der Waals surface area contributed by atoms with E-state index in [-0.39, 0.29) is 12.3 Å². The number of amides is 1. The molecule has 1 saturated heterocycles. The molecule has 128 valence electrons. The highest BCUT2D eigenvalue weighted by Crippen LogP contribution is 2.31. The van der Waals surface area contributed by atoms with Crippen LogP contribution in [0, 0.1) is 0 Å². The summed E-state index contributed by atoms with van der Waals surface area (Å²) in [7, 11) is 0. The number of alkyl halides is 3. The Labute approximate surface area is 136 Å².